The van der Waals surface area contributed by atoms with Crippen LogP contribution in [0.5, 0.6) is 5.75 Å². The summed E-state index contributed by atoms with van der Waals surface area (Å²) in [5.41, 5.74) is -1.25. The molecule has 0 bridgehead atoms. The van der Waals surface area contributed by atoms with Crippen molar-refractivity contribution in [1.29, 1.82) is 0 Å². The normalized spacial score (nSPS) is 14.6. The largest absolute Gasteiger partial charge is 0.466 e. The van der Waals surface area contributed by atoms with Crippen LogP contribution in [0.3, 0.4) is 0 Å². The molecule has 5 nitrogen and oxygen atoms in total. The molecule has 164 valence electrons. The van der Waals surface area contributed by atoms with E-state index in [4.69, 9.17) is 9.47 Å². The van der Waals surface area contributed by atoms with Crippen molar-refractivity contribution >= 4 is 17.7 Å². The van der Waals surface area contributed by atoms with E-state index >= 15 is 0 Å². The highest BCUT2D eigenvalue weighted by atomic mass is 32.2. The van der Waals surface area contributed by atoms with Crippen LogP contribution in [0.2, 0.25) is 0 Å². The van der Waals surface area contributed by atoms with Gasteiger partial charge in [0.2, 0.25) is 5.72 Å². The molecule has 0 aromatic heterocycles. The number of thioether (sulfide) groups is 1. The lowest BCUT2D eigenvalue weighted by atomic mass is 10.1. The van der Waals surface area contributed by atoms with Gasteiger partial charge in [-0.15, -0.1) is 16.9 Å². The van der Waals surface area contributed by atoms with Crippen LogP contribution >= 0.6 is 11.8 Å². The monoisotopic (exact) mass is 422 g/mol. The van der Waals surface area contributed by atoms with E-state index in [1.807, 2.05) is 52.0 Å². The summed E-state index contributed by atoms with van der Waals surface area (Å²) in [6, 6.07) is 7.98. The fraction of sp³-hybridized carbons (Fsp3) is 0.696. The number of carbonyl (C=O) groups is 1. The van der Waals surface area contributed by atoms with Gasteiger partial charge in [-0.1, -0.05) is 34.1 Å². The number of rotatable bonds is 10. The van der Waals surface area contributed by atoms with Gasteiger partial charge in [0, 0.05) is 16.1 Å². The Balaban J connectivity index is 2.86. The number of azo groups is 1. The lowest BCUT2D eigenvalue weighted by Crippen LogP contribution is -2.31. The van der Waals surface area contributed by atoms with Crippen molar-refractivity contribution in [1.82, 2.24) is 0 Å². The van der Waals surface area contributed by atoms with Crippen molar-refractivity contribution in [2.24, 2.45) is 10.2 Å². The van der Waals surface area contributed by atoms with Crippen molar-refractivity contribution in [3.63, 3.8) is 0 Å². The van der Waals surface area contributed by atoms with Gasteiger partial charge in [0.25, 0.3) is 0 Å². The van der Waals surface area contributed by atoms with Crippen LogP contribution < -0.4 is 4.74 Å². The number of ether oxygens (including phenoxy) is 2. The van der Waals surface area contributed by atoms with Gasteiger partial charge in [0.1, 0.15) is 5.75 Å². The Morgan fingerprint density at radius 3 is 2.14 bits per heavy atom. The zero-order chi connectivity index (χ0) is 22.1. The highest BCUT2D eigenvalue weighted by Gasteiger charge is 2.29. The van der Waals surface area contributed by atoms with Crippen LogP contribution in [-0.4, -0.2) is 28.6 Å². The van der Waals surface area contributed by atoms with Crippen molar-refractivity contribution in [2.75, 3.05) is 6.61 Å². The molecule has 1 rings (SSSR count). The zero-order valence-corrected chi connectivity index (χ0v) is 20.2. The molecule has 1 aromatic rings. The van der Waals surface area contributed by atoms with Crippen molar-refractivity contribution in [3.05, 3.63) is 24.3 Å². The second kappa shape index (κ2) is 11.0. The Kier molecular flexibility index (Phi) is 9.66. The zero-order valence-electron chi connectivity index (χ0n) is 19.4. The average molecular weight is 423 g/mol. The predicted octanol–water partition coefficient (Wildman–Crippen LogP) is 7.05. The van der Waals surface area contributed by atoms with Crippen LogP contribution in [0.1, 0.15) is 81.1 Å². The molecule has 0 aliphatic heterocycles. The van der Waals surface area contributed by atoms with Gasteiger partial charge in [0.05, 0.1) is 18.6 Å². The van der Waals surface area contributed by atoms with E-state index in [1.54, 1.807) is 11.8 Å². The minimum Gasteiger partial charge on any atom is -0.466 e. The van der Waals surface area contributed by atoms with Crippen molar-refractivity contribution in [2.45, 2.75) is 102 Å². The third kappa shape index (κ3) is 11.9. The van der Waals surface area contributed by atoms with E-state index in [0.717, 1.165) is 12.8 Å². The molecule has 0 N–H and O–H groups in total. The van der Waals surface area contributed by atoms with Gasteiger partial charge < -0.3 is 9.47 Å². The standard InChI is InChI=1S/C23H38N2O3S/c1-9-10-17-27-20(26)15-16-23(8,25-24-21(2,3)4)28-18-11-13-19(14-12-18)29-22(5,6)7/h11-14H,9-10,15-17H2,1-8H3. The molecule has 0 spiro atoms. The molecule has 0 saturated heterocycles. The first-order valence-electron chi connectivity index (χ1n) is 10.4. The lowest BCUT2D eigenvalue weighted by Gasteiger charge is -2.27. The van der Waals surface area contributed by atoms with E-state index in [2.05, 4.69) is 37.9 Å². The molecule has 29 heavy (non-hydrogen) atoms. The first-order valence-corrected chi connectivity index (χ1v) is 11.2. The highest BCUT2D eigenvalue weighted by molar-refractivity contribution is 8.00. The second-order valence-electron chi connectivity index (χ2n) is 9.41. The fourth-order valence-corrected chi connectivity index (χ4v) is 3.28. The molecule has 1 atom stereocenters. The van der Waals surface area contributed by atoms with Gasteiger partial charge in [0.15, 0.2) is 0 Å². The number of benzene rings is 1. The summed E-state index contributed by atoms with van der Waals surface area (Å²) < 4.78 is 11.6. The van der Waals surface area contributed by atoms with E-state index in [9.17, 15) is 4.79 Å². The fourth-order valence-electron chi connectivity index (χ4n) is 2.30. The Morgan fingerprint density at radius 2 is 1.62 bits per heavy atom. The summed E-state index contributed by atoms with van der Waals surface area (Å²) in [6.45, 7) is 16.9. The van der Waals surface area contributed by atoms with Crippen molar-refractivity contribution in [3.8, 4) is 5.75 Å². The van der Waals surface area contributed by atoms with Gasteiger partial charge in [-0.05, 0) is 58.4 Å². The minimum atomic E-state index is -0.935. The van der Waals surface area contributed by atoms with Crippen LogP contribution in [0, 0.1) is 0 Å². The first-order chi connectivity index (χ1) is 13.3. The maximum Gasteiger partial charge on any atom is 0.306 e. The van der Waals surface area contributed by atoms with E-state index in [1.165, 1.54) is 4.90 Å². The summed E-state index contributed by atoms with van der Waals surface area (Å²) in [6.07, 6.45) is 2.51. The number of unbranched alkanes of at least 4 members (excludes halogenated alkanes) is 1. The van der Waals surface area contributed by atoms with Gasteiger partial charge in [-0.3, -0.25) is 4.79 Å². The summed E-state index contributed by atoms with van der Waals surface area (Å²) in [5, 5.41) is 8.85. The van der Waals surface area contributed by atoms with E-state index in [-0.39, 0.29) is 22.7 Å². The molecule has 0 aliphatic rings. The Hall–Kier alpha value is -1.56. The quantitative estimate of drug-likeness (QED) is 0.175. The number of hydrogen-bond acceptors (Lipinski definition) is 6. The molecule has 1 aromatic carbocycles. The minimum absolute atomic E-state index is 0.149. The molecule has 6 heteroatoms. The maximum atomic E-state index is 12.0. The molecule has 1 unspecified atom stereocenters. The summed E-state index contributed by atoms with van der Waals surface area (Å²) >= 11 is 1.81. The van der Waals surface area contributed by atoms with Crippen LogP contribution in [-0.2, 0) is 9.53 Å². The number of hydrogen-bond donors (Lipinski definition) is 0. The molecular formula is C23H38N2O3S. The Labute approximate surface area is 181 Å². The Bertz CT molecular complexity index is 660. The third-order valence-electron chi connectivity index (χ3n) is 3.70. The van der Waals surface area contributed by atoms with E-state index < -0.39 is 5.72 Å². The lowest BCUT2D eigenvalue weighted by molar-refractivity contribution is -0.144. The smallest absolute Gasteiger partial charge is 0.306 e. The SMILES string of the molecule is CCCCOC(=O)CCC(C)(N=NC(C)(C)C)Oc1ccc(SC(C)(C)C)cc1. The molecular weight excluding hydrogens is 384 g/mol. The first kappa shape index (κ1) is 25.5. The third-order valence-corrected chi connectivity index (χ3v) is 4.82. The summed E-state index contributed by atoms with van der Waals surface area (Å²) in [7, 11) is 0. The average Bonchev–Trinajstić information content (AvgIpc) is 2.59. The molecule has 0 amide bonds. The molecule has 0 fully saturated rings. The molecule has 0 heterocycles. The Morgan fingerprint density at radius 1 is 1.00 bits per heavy atom. The van der Waals surface area contributed by atoms with Gasteiger partial charge in [-0.2, -0.15) is 5.11 Å². The highest BCUT2D eigenvalue weighted by Crippen LogP contribution is 2.34. The predicted molar refractivity (Wildman–Crippen MR) is 121 cm³/mol. The van der Waals surface area contributed by atoms with Gasteiger partial charge in [-0.25, -0.2) is 0 Å². The summed E-state index contributed by atoms with van der Waals surface area (Å²) in [5.74, 6) is 0.481. The van der Waals surface area contributed by atoms with Crippen LogP contribution in [0.4, 0.5) is 0 Å². The summed E-state index contributed by atoms with van der Waals surface area (Å²) in [4.78, 5) is 13.2. The number of esters is 1. The van der Waals surface area contributed by atoms with Crippen LogP contribution in [0.25, 0.3) is 0 Å². The number of carbonyl (C=O) groups excluding carboxylic acids is 1. The molecule has 0 radical (unpaired) electrons. The molecule has 0 aliphatic carbocycles. The second-order valence-corrected chi connectivity index (χ2v) is 11.3. The topological polar surface area (TPSA) is 60.2 Å². The van der Waals surface area contributed by atoms with Gasteiger partial charge >= 0.3 is 5.97 Å². The number of nitrogens with zero attached hydrogens (tertiary/aromatic N) is 2. The van der Waals surface area contributed by atoms with E-state index in [0.29, 0.717) is 18.8 Å². The van der Waals surface area contributed by atoms with Crippen LogP contribution in [0.15, 0.2) is 39.4 Å². The van der Waals surface area contributed by atoms with Crippen molar-refractivity contribution < 1.29 is 14.3 Å². The molecule has 0 saturated carbocycles. The maximum absolute atomic E-state index is 12.0.